The molecule has 0 saturated carbocycles. The van der Waals surface area contributed by atoms with Gasteiger partial charge in [0.05, 0.1) is 87.3 Å². The van der Waals surface area contributed by atoms with Gasteiger partial charge < -0.3 is 45.7 Å². The molecule has 35 heteroatoms. The summed E-state index contributed by atoms with van der Waals surface area (Å²) < 4.78 is 186. The van der Waals surface area contributed by atoms with Gasteiger partial charge in [0.2, 0.25) is 0 Å². The molecule has 132 heavy (non-hydrogen) atoms. The van der Waals surface area contributed by atoms with Gasteiger partial charge in [0, 0.05) is 118 Å². The number of ether oxygens (including phenoxy) is 4. The lowest BCUT2D eigenvalue weighted by Crippen LogP contribution is -2.27. The summed E-state index contributed by atoms with van der Waals surface area (Å²) in [5.74, 6) is 1.14. The van der Waals surface area contributed by atoms with E-state index in [9.17, 15) is 75.7 Å². The Morgan fingerprint density at radius 2 is 0.545 bits per heavy atom. The Balaban J connectivity index is 0.000000163. The fraction of sp³-hybridized carbons (Fsp3) is 0.134. The number of hydrogen-bond donors (Lipinski definition) is 5. The third-order valence-corrected chi connectivity index (χ3v) is 19.2. The van der Waals surface area contributed by atoms with Crippen LogP contribution in [0.3, 0.4) is 0 Å². The summed E-state index contributed by atoms with van der Waals surface area (Å²) in [6.07, 6.45) is 2.86. The first kappa shape index (κ1) is 97.1. The lowest BCUT2D eigenvalue weighted by atomic mass is 10.1. The van der Waals surface area contributed by atoms with E-state index < -0.39 is 52.9 Å². The van der Waals surface area contributed by atoms with Crippen LogP contribution in [0.5, 0.6) is 46.0 Å². The van der Waals surface area contributed by atoms with E-state index in [4.69, 9.17) is 29.8 Å². The fourth-order valence-corrected chi connectivity index (χ4v) is 12.5. The monoisotopic (exact) mass is 1830 g/mol. The van der Waals surface area contributed by atoms with Crippen molar-refractivity contribution in [2.75, 3.05) is 6.26 Å². The summed E-state index contributed by atoms with van der Waals surface area (Å²) in [4.78, 5) is 81.5. The zero-order valence-corrected chi connectivity index (χ0v) is 70.8. The number of halogens is 13. The van der Waals surface area contributed by atoms with Crippen molar-refractivity contribution in [2.45, 2.75) is 76.6 Å². The summed E-state index contributed by atoms with van der Waals surface area (Å²) in [5, 5.41) is 23.5. The van der Waals surface area contributed by atoms with Crippen molar-refractivity contribution in [3.05, 3.63) is 384 Å². The van der Waals surface area contributed by atoms with Gasteiger partial charge in [-0.25, -0.2) is 4.79 Å². The Bertz CT molecular complexity index is 6100. The van der Waals surface area contributed by atoms with Crippen molar-refractivity contribution in [1.29, 1.82) is 0 Å². The molecule has 3 amide bonds. The van der Waals surface area contributed by atoms with Crippen molar-refractivity contribution in [2.24, 2.45) is 5.73 Å². The number of alkyl halides is 12. The second-order valence-electron chi connectivity index (χ2n) is 28.6. The quantitative estimate of drug-likeness (QED) is 0.0470. The Labute approximate surface area is 749 Å². The number of amides is 3. The smallest absolute Gasteiger partial charge is 0.416 e. The van der Waals surface area contributed by atoms with Crippen LogP contribution in [0.1, 0.15) is 138 Å². The van der Waals surface area contributed by atoms with Gasteiger partial charge in [-0.2, -0.15) is 56.6 Å². The van der Waals surface area contributed by atoms with Crippen LogP contribution in [0, 0.1) is 0 Å². The van der Waals surface area contributed by atoms with Gasteiger partial charge in [0.25, 0.3) is 17.7 Å². The van der Waals surface area contributed by atoms with Crippen molar-refractivity contribution < 1.29 is 99.8 Å². The van der Waals surface area contributed by atoms with Crippen molar-refractivity contribution >= 4 is 78.9 Å². The third kappa shape index (κ3) is 27.3. The number of nitrogens with one attached hydrogen (secondary N) is 3. The van der Waals surface area contributed by atoms with Crippen LogP contribution in [0.25, 0.3) is 43.1 Å². The molecule has 0 aliphatic heterocycles. The van der Waals surface area contributed by atoms with Crippen LogP contribution < -0.4 is 40.6 Å². The molecule has 0 radical (unpaired) electrons. The molecule has 12 aromatic carbocycles. The number of fused-ring (bicyclic) bond motifs is 4. The van der Waals surface area contributed by atoms with Crippen LogP contribution in [0.4, 0.5) is 56.6 Å². The summed E-state index contributed by atoms with van der Waals surface area (Å²) >= 11 is 0.250. The highest BCUT2D eigenvalue weighted by atomic mass is 32.2. The number of hydrogen-bond acceptors (Lipinski definition) is 18. The molecule has 4 aromatic heterocycles. The first-order chi connectivity index (χ1) is 63.0. The second-order valence-corrected chi connectivity index (χ2v) is 28.9. The van der Waals surface area contributed by atoms with Crippen LogP contribution >= 0.6 is 12.1 Å². The largest absolute Gasteiger partial charge is 0.478 e. The van der Waals surface area contributed by atoms with E-state index in [1.54, 1.807) is 190 Å². The van der Waals surface area contributed by atoms with Gasteiger partial charge in [-0.1, -0.05) is 48.5 Å². The van der Waals surface area contributed by atoms with E-state index in [2.05, 4.69) is 55.8 Å². The van der Waals surface area contributed by atoms with Gasteiger partial charge in [-0.05, 0) is 243 Å². The number of carboxylic acid groups (broad SMARTS) is 1. The molecule has 0 fully saturated rings. The average molecular weight is 1830 g/mol. The molecule has 0 bridgehead atoms. The summed E-state index contributed by atoms with van der Waals surface area (Å²) in [6, 6.07) is 57.9. The van der Waals surface area contributed by atoms with E-state index in [-0.39, 0.29) is 82.6 Å². The standard InChI is InChI=1S/3C24H18F3N3O2.C18H11F3O3.C6H9N3.CH3FS/c3*1-15(21-14-28-11-12-29-21)30-23(31)17-5-10-20-16(13-17)3-2-4-22(20)32-19-8-6-18(7-9-19)24(25,26)27;19-18(20,21)13-5-7-14(8-6-13)24-16-3-1-2-11-10-12(17(22)23)4-9-15(11)16;1-5(7)6-4-8-2-3-9-6;1-3-2/h3*2-15H,1H3,(H,30,31);1-10H,(H,22,23);2-5H,7H2,1H3;1H3/t2*15-;;;;/m10..../s1. The number of benzene rings is 12. The maximum atomic E-state index is 12.8. The summed E-state index contributed by atoms with van der Waals surface area (Å²) in [7, 11) is 0. The number of rotatable bonds is 19. The number of aromatic carboxylic acids is 1. The Morgan fingerprint density at radius 3 is 0.742 bits per heavy atom. The Hall–Kier alpha value is -15.5. The van der Waals surface area contributed by atoms with Crippen LogP contribution in [-0.4, -0.2) is 74.9 Å². The highest BCUT2D eigenvalue weighted by Gasteiger charge is 2.34. The summed E-state index contributed by atoms with van der Waals surface area (Å²) in [5.41, 5.74) is 6.83. The lowest BCUT2D eigenvalue weighted by molar-refractivity contribution is -0.138. The predicted molar refractivity (Wildman–Crippen MR) is 472 cm³/mol. The highest BCUT2D eigenvalue weighted by Crippen LogP contribution is 2.40. The highest BCUT2D eigenvalue weighted by molar-refractivity contribution is 7.93. The zero-order chi connectivity index (χ0) is 94.9. The van der Waals surface area contributed by atoms with Gasteiger partial charge in [-0.3, -0.25) is 54.3 Å². The minimum atomic E-state index is -4.40. The zero-order valence-electron chi connectivity index (χ0n) is 70.0. The van der Waals surface area contributed by atoms with E-state index in [1.165, 1.54) is 66.9 Å². The Morgan fingerprint density at radius 1 is 0.326 bits per heavy atom. The lowest BCUT2D eigenvalue weighted by Gasteiger charge is -2.14. The van der Waals surface area contributed by atoms with Crippen molar-refractivity contribution in [3.8, 4) is 46.0 Å². The molecule has 6 N–H and O–H groups in total. The summed E-state index contributed by atoms with van der Waals surface area (Å²) in [6.45, 7) is 7.33. The number of carboxylic acids is 1. The van der Waals surface area contributed by atoms with Crippen LogP contribution in [0.15, 0.2) is 317 Å². The molecule has 16 aromatic rings. The van der Waals surface area contributed by atoms with Gasteiger partial charge in [0.15, 0.2) is 0 Å². The van der Waals surface area contributed by atoms with Gasteiger partial charge in [-0.15, -0.1) is 0 Å². The van der Waals surface area contributed by atoms with Crippen LogP contribution in [0.2, 0.25) is 0 Å². The first-order valence-corrected chi connectivity index (χ1v) is 40.7. The molecule has 0 aliphatic carbocycles. The number of nitrogens with zero attached hydrogens (tertiary/aromatic N) is 8. The molecule has 0 saturated heterocycles. The Kier molecular flexibility index (Phi) is 32.7. The van der Waals surface area contributed by atoms with Crippen LogP contribution in [-0.2, 0) is 24.7 Å². The third-order valence-electron chi connectivity index (χ3n) is 19.2. The number of aromatic nitrogens is 8. The molecule has 676 valence electrons. The topological polar surface area (TPSA) is 291 Å². The molecule has 4 heterocycles. The maximum Gasteiger partial charge on any atom is 0.416 e. The van der Waals surface area contributed by atoms with E-state index >= 15 is 0 Å². The molecule has 16 rings (SSSR count). The van der Waals surface area contributed by atoms with Gasteiger partial charge >= 0.3 is 30.7 Å². The van der Waals surface area contributed by atoms with E-state index in [1.807, 2.05) is 45.9 Å². The van der Waals surface area contributed by atoms with E-state index in [0.29, 0.717) is 67.5 Å². The molecule has 0 aliphatic rings. The molecule has 21 nitrogen and oxygen atoms in total. The van der Waals surface area contributed by atoms with E-state index in [0.717, 1.165) is 86.5 Å². The maximum absolute atomic E-state index is 12.8. The first-order valence-electron chi connectivity index (χ1n) is 39.6. The molecule has 2 unspecified atom stereocenters. The van der Waals surface area contributed by atoms with Crippen molar-refractivity contribution in [3.63, 3.8) is 0 Å². The average Bonchev–Trinajstić information content (AvgIpc) is 0.808. The second kappa shape index (κ2) is 44.5. The van der Waals surface area contributed by atoms with Crippen molar-refractivity contribution in [1.82, 2.24) is 55.8 Å². The molecule has 4 atom stereocenters. The minimum Gasteiger partial charge on any atom is -0.478 e. The number of nitrogens with two attached hydrogens (primary N) is 1. The van der Waals surface area contributed by atoms with Gasteiger partial charge in [0.1, 0.15) is 46.0 Å². The fourth-order valence-electron chi connectivity index (χ4n) is 12.5. The molecule has 0 spiro atoms. The number of carbonyl (C=O) groups excluding carboxylic acids is 3. The molecular weight excluding hydrogens is 1760 g/mol. The minimum absolute atomic E-state index is 0.0151. The molecular formula is C97H77F13N12O9S. The normalized spacial score (nSPS) is 12.1. The number of carbonyl (C=O) groups is 4. The SMILES string of the molecule is CC(N)c1cnccn1.CC(NC(=O)c1ccc2c(Oc3ccc(C(F)(F)F)cc3)cccc2c1)c1cnccn1.CSF.C[C@@H](NC(=O)c1ccc2c(Oc3ccc(C(F)(F)F)cc3)cccc2c1)c1cnccn1.C[C@H](NC(=O)c1ccc2c(Oc3ccc(C(F)(F)F)cc3)cccc2c1)c1cnccn1.O=C(O)c1ccc2c(Oc3ccc(C(F)(F)F)cc3)cccc2c1. The predicted octanol–water partition coefficient (Wildman–Crippen LogP) is 24.9.